The van der Waals surface area contributed by atoms with Crippen molar-refractivity contribution >= 4 is 28.7 Å². The van der Waals surface area contributed by atoms with E-state index in [0.29, 0.717) is 11.4 Å². The van der Waals surface area contributed by atoms with Crippen molar-refractivity contribution < 1.29 is 0 Å². The fourth-order valence-corrected chi connectivity index (χ4v) is 3.13. The summed E-state index contributed by atoms with van der Waals surface area (Å²) in [5.74, 6) is 0.620. The van der Waals surface area contributed by atoms with Gasteiger partial charge in [-0.2, -0.15) is 0 Å². The largest absolute Gasteiger partial charge is 0.269 e. The van der Waals surface area contributed by atoms with Crippen LogP contribution in [0.25, 0.3) is 5.65 Å². The van der Waals surface area contributed by atoms with Gasteiger partial charge in [0, 0.05) is 18.0 Å². The van der Waals surface area contributed by atoms with Crippen LogP contribution in [-0.4, -0.2) is 19.6 Å². The third-order valence-corrected chi connectivity index (χ3v) is 4.52. The number of hydrogen-bond acceptors (Lipinski definition) is 6. The highest BCUT2D eigenvalue weighted by atomic mass is 32.2. The van der Waals surface area contributed by atoms with E-state index in [1.807, 2.05) is 19.1 Å². The standard InChI is InChI=1S/C12H10N4OS2/c1-8-3-2-4-16-10(17)5-9(14-11(8)16)6-18-12-15-13-7-19-12/h2-5,7H,6H2,1H3. The average molecular weight is 290 g/mol. The van der Waals surface area contributed by atoms with E-state index in [0.717, 1.165) is 15.6 Å². The molecule has 0 atom stereocenters. The fourth-order valence-electron chi connectivity index (χ4n) is 1.74. The first-order valence-electron chi connectivity index (χ1n) is 5.61. The Morgan fingerprint density at radius 1 is 1.47 bits per heavy atom. The molecule has 0 unspecified atom stereocenters. The van der Waals surface area contributed by atoms with Gasteiger partial charge in [-0.1, -0.05) is 29.2 Å². The Hall–Kier alpha value is -1.73. The maximum atomic E-state index is 12.0. The third-order valence-electron chi connectivity index (χ3n) is 2.62. The Kier molecular flexibility index (Phi) is 3.31. The number of pyridine rings is 1. The van der Waals surface area contributed by atoms with E-state index < -0.39 is 0 Å². The van der Waals surface area contributed by atoms with Crippen molar-refractivity contribution in [3.8, 4) is 0 Å². The van der Waals surface area contributed by atoms with E-state index in [4.69, 9.17) is 0 Å². The van der Waals surface area contributed by atoms with Crippen LogP contribution in [0.4, 0.5) is 0 Å². The van der Waals surface area contributed by atoms with Crippen molar-refractivity contribution in [3.63, 3.8) is 0 Å². The second kappa shape index (κ2) is 5.10. The molecule has 0 fully saturated rings. The van der Waals surface area contributed by atoms with E-state index in [1.54, 1.807) is 22.2 Å². The Balaban J connectivity index is 1.96. The maximum Gasteiger partial charge on any atom is 0.258 e. The smallest absolute Gasteiger partial charge is 0.258 e. The molecule has 0 saturated carbocycles. The summed E-state index contributed by atoms with van der Waals surface area (Å²) in [6.45, 7) is 1.95. The van der Waals surface area contributed by atoms with Crippen LogP contribution in [0.1, 0.15) is 11.3 Å². The molecular weight excluding hydrogens is 280 g/mol. The molecule has 3 aromatic heterocycles. The van der Waals surface area contributed by atoms with E-state index >= 15 is 0 Å². The van der Waals surface area contributed by atoms with Crippen molar-refractivity contribution in [2.75, 3.05) is 0 Å². The van der Waals surface area contributed by atoms with E-state index in [1.165, 1.54) is 23.1 Å². The van der Waals surface area contributed by atoms with Crippen LogP contribution < -0.4 is 5.56 Å². The lowest BCUT2D eigenvalue weighted by molar-refractivity contribution is 0.993. The molecule has 5 nitrogen and oxygen atoms in total. The lowest BCUT2D eigenvalue weighted by Crippen LogP contribution is -2.15. The number of rotatable bonds is 3. The highest BCUT2D eigenvalue weighted by molar-refractivity contribution is 8.00. The lowest BCUT2D eigenvalue weighted by Gasteiger charge is -2.05. The summed E-state index contributed by atoms with van der Waals surface area (Å²) < 4.78 is 2.45. The zero-order valence-electron chi connectivity index (χ0n) is 10.1. The molecule has 0 aliphatic heterocycles. The monoisotopic (exact) mass is 290 g/mol. The molecule has 0 aliphatic carbocycles. The summed E-state index contributed by atoms with van der Waals surface area (Å²) in [4.78, 5) is 16.5. The molecule has 7 heteroatoms. The van der Waals surface area contributed by atoms with Gasteiger partial charge in [0.2, 0.25) is 0 Å². The van der Waals surface area contributed by atoms with Crippen molar-refractivity contribution in [1.29, 1.82) is 0 Å². The van der Waals surface area contributed by atoms with Crippen molar-refractivity contribution in [3.05, 3.63) is 51.5 Å². The van der Waals surface area contributed by atoms with Crippen LogP contribution in [0.15, 0.2) is 39.0 Å². The molecule has 0 spiro atoms. The molecule has 0 aliphatic rings. The summed E-state index contributed by atoms with van der Waals surface area (Å²) in [5, 5.41) is 7.73. The van der Waals surface area contributed by atoms with Gasteiger partial charge in [-0.3, -0.25) is 9.20 Å². The summed E-state index contributed by atoms with van der Waals surface area (Å²) >= 11 is 3.02. The Morgan fingerprint density at radius 3 is 3.16 bits per heavy atom. The number of aromatic nitrogens is 4. The first-order chi connectivity index (χ1) is 9.24. The molecule has 0 bridgehead atoms. The Labute approximate surface area is 117 Å². The number of fused-ring (bicyclic) bond motifs is 1. The van der Waals surface area contributed by atoms with Gasteiger partial charge in [0.1, 0.15) is 11.2 Å². The Bertz CT molecular complexity index is 767. The maximum absolute atomic E-state index is 12.0. The van der Waals surface area contributed by atoms with Crippen molar-refractivity contribution in [2.24, 2.45) is 0 Å². The van der Waals surface area contributed by atoms with Gasteiger partial charge in [0.05, 0.1) is 5.69 Å². The molecule has 96 valence electrons. The van der Waals surface area contributed by atoms with Gasteiger partial charge in [0.15, 0.2) is 4.34 Å². The lowest BCUT2D eigenvalue weighted by atomic mass is 10.3. The van der Waals surface area contributed by atoms with Crippen LogP contribution in [0, 0.1) is 6.92 Å². The SMILES string of the molecule is Cc1cccn2c(=O)cc(CSc3nncs3)nc12. The molecule has 0 amide bonds. The fraction of sp³-hybridized carbons (Fsp3) is 0.167. The van der Waals surface area contributed by atoms with E-state index in [2.05, 4.69) is 15.2 Å². The second-order valence-corrected chi connectivity index (χ2v) is 6.02. The number of hydrogen-bond donors (Lipinski definition) is 0. The average Bonchev–Trinajstić information content (AvgIpc) is 2.91. The quantitative estimate of drug-likeness (QED) is 0.692. The molecular formula is C12H10N4OS2. The molecule has 0 aromatic carbocycles. The van der Waals surface area contributed by atoms with Crippen LogP contribution >= 0.6 is 23.1 Å². The zero-order valence-corrected chi connectivity index (χ0v) is 11.7. The summed E-state index contributed by atoms with van der Waals surface area (Å²) in [7, 11) is 0. The van der Waals surface area contributed by atoms with E-state index in [9.17, 15) is 4.79 Å². The summed E-state index contributed by atoms with van der Waals surface area (Å²) in [5.41, 5.74) is 4.10. The molecule has 3 heterocycles. The summed E-state index contributed by atoms with van der Waals surface area (Å²) in [6.07, 6.45) is 1.74. The summed E-state index contributed by atoms with van der Waals surface area (Å²) in [6, 6.07) is 5.37. The first kappa shape index (κ1) is 12.3. The zero-order chi connectivity index (χ0) is 13.2. The second-order valence-electron chi connectivity index (χ2n) is 3.96. The van der Waals surface area contributed by atoms with Gasteiger partial charge in [-0.25, -0.2) is 4.98 Å². The van der Waals surface area contributed by atoms with Gasteiger partial charge in [-0.15, -0.1) is 10.2 Å². The van der Waals surface area contributed by atoms with Crippen LogP contribution in [0.5, 0.6) is 0 Å². The highest BCUT2D eigenvalue weighted by Gasteiger charge is 2.06. The van der Waals surface area contributed by atoms with Gasteiger partial charge >= 0.3 is 0 Å². The van der Waals surface area contributed by atoms with Crippen molar-refractivity contribution in [2.45, 2.75) is 17.0 Å². The van der Waals surface area contributed by atoms with E-state index in [-0.39, 0.29) is 5.56 Å². The number of aryl methyl sites for hydroxylation is 1. The molecule has 0 radical (unpaired) electrons. The predicted molar refractivity (Wildman–Crippen MR) is 75.7 cm³/mol. The van der Waals surface area contributed by atoms with Gasteiger partial charge in [-0.05, 0) is 18.6 Å². The highest BCUT2D eigenvalue weighted by Crippen LogP contribution is 2.22. The van der Waals surface area contributed by atoms with Crippen LogP contribution in [0.2, 0.25) is 0 Å². The normalized spacial score (nSPS) is 11.0. The molecule has 3 aromatic rings. The topological polar surface area (TPSA) is 60.2 Å². The minimum atomic E-state index is -0.0541. The van der Waals surface area contributed by atoms with Crippen LogP contribution in [-0.2, 0) is 5.75 Å². The molecule has 0 saturated heterocycles. The Morgan fingerprint density at radius 2 is 2.37 bits per heavy atom. The molecule has 0 N–H and O–H groups in total. The molecule has 3 rings (SSSR count). The minimum absolute atomic E-state index is 0.0541. The van der Waals surface area contributed by atoms with Crippen LogP contribution in [0.3, 0.4) is 0 Å². The van der Waals surface area contributed by atoms with Crippen molar-refractivity contribution in [1.82, 2.24) is 19.6 Å². The molecule has 19 heavy (non-hydrogen) atoms. The van der Waals surface area contributed by atoms with Gasteiger partial charge in [0.25, 0.3) is 5.56 Å². The predicted octanol–water partition coefficient (Wildman–Crippen LogP) is 2.15. The third kappa shape index (κ3) is 2.52. The number of thioether (sulfide) groups is 1. The number of nitrogens with zero attached hydrogens (tertiary/aromatic N) is 4. The van der Waals surface area contributed by atoms with Gasteiger partial charge < -0.3 is 0 Å². The minimum Gasteiger partial charge on any atom is -0.269 e. The first-order valence-corrected chi connectivity index (χ1v) is 7.47.